The molecule has 3 N–H and O–H groups in total. The molecule has 1 fully saturated rings. The van der Waals surface area contributed by atoms with Gasteiger partial charge in [0.1, 0.15) is 0 Å². The molecule has 1 aliphatic carbocycles. The van der Waals surface area contributed by atoms with Gasteiger partial charge in [0.15, 0.2) is 0 Å². The van der Waals surface area contributed by atoms with Gasteiger partial charge >= 0.3 is 6.03 Å². The van der Waals surface area contributed by atoms with Gasteiger partial charge in [-0.15, -0.1) is 0 Å². The molecule has 1 aromatic carbocycles. The highest BCUT2D eigenvalue weighted by molar-refractivity contribution is 6.30. The van der Waals surface area contributed by atoms with E-state index in [9.17, 15) is 10.0 Å². The number of amides is 2. The summed E-state index contributed by atoms with van der Waals surface area (Å²) in [6.45, 7) is 7.41. The van der Waals surface area contributed by atoms with Gasteiger partial charge in [-0.05, 0) is 62.6 Å². The lowest BCUT2D eigenvalue weighted by atomic mass is 9.85. The van der Waals surface area contributed by atoms with Crippen LogP contribution in [-0.2, 0) is 0 Å². The summed E-state index contributed by atoms with van der Waals surface area (Å²) in [4.78, 5) is 15.1. The van der Waals surface area contributed by atoms with Gasteiger partial charge in [0, 0.05) is 30.2 Å². The number of hydrogen-bond donors (Lipinski definition) is 3. The van der Waals surface area contributed by atoms with Gasteiger partial charge in [-0.1, -0.05) is 69.2 Å². The molecule has 0 bridgehead atoms. The van der Waals surface area contributed by atoms with Gasteiger partial charge in [0.2, 0.25) is 0 Å². The van der Waals surface area contributed by atoms with Crippen LogP contribution >= 0.6 is 11.6 Å². The third-order valence-corrected chi connectivity index (χ3v) is 6.80. The highest BCUT2D eigenvalue weighted by Crippen LogP contribution is 2.29. The van der Waals surface area contributed by atoms with Crippen molar-refractivity contribution < 1.29 is 10.0 Å². The fourth-order valence-electron chi connectivity index (χ4n) is 4.86. The van der Waals surface area contributed by atoms with E-state index in [2.05, 4.69) is 43.7 Å². The largest absolute Gasteiger partial charge is 0.334 e. The molecule has 1 aromatic rings. The minimum absolute atomic E-state index is 0.0348. The van der Waals surface area contributed by atoms with Crippen molar-refractivity contribution in [3.63, 3.8) is 0 Å². The summed E-state index contributed by atoms with van der Waals surface area (Å²) in [5.74, 6) is 1.02. The van der Waals surface area contributed by atoms with Gasteiger partial charge in [-0.2, -0.15) is 0 Å². The molecule has 0 aromatic heterocycles. The average molecular weight is 452 g/mol. The first-order chi connectivity index (χ1) is 14.9. The zero-order valence-electron chi connectivity index (χ0n) is 19.6. The van der Waals surface area contributed by atoms with Crippen LogP contribution in [0.4, 0.5) is 4.79 Å². The maximum absolute atomic E-state index is 13.2. The molecular formula is C25H42ClN3O2. The summed E-state index contributed by atoms with van der Waals surface area (Å²) in [7, 11) is 0. The maximum Gasteiger partial charge on any atom is 0.317 e. The summed E-state index contributed by atoms with van der Waals surface area (Å²) in [5.41, 5.74) is 3.53. The van der Waals surface area contributed by atoms with Crippen LogP contribution in [0, 0.1) is 5.92 Å². The summed E-state index contributed by atoms with van der Waals surface area (Å²) < 4.78 is 0. The first-order valence-electron chi connectivity index (χ1n) is 12.1. The SMILES string of the molecule is CCCC(CCN(C(=O)NC(CNO)CC1CCCCC1)C(C)C)c1cccc(Cl)c1. The number of rotatable bonds is 12. The Morgan fingerprint density at radius 1 is 1.23 bits per heavy atom. The minimum atomic E-state index is -0.0544. The van der Waals surface area contributed by atoms with Crippen LogP contribution in [0.25, 0.3) is 0 Å². The van der Waals surface area contributed by atoms with Crippen LogP contribution in [0.5, 0.6) is 0 Å². The highest BCUT2D eigenvalue weighted by Gasteiger charge is 2.24. The van der Waals surface area contributed by atoms with E-state index in [1.165, 1.54) is 37.7 Å². The van der Waals surface area contributed by atoms with Crippen molar-refractivity contribution in [2.45, 2.75) is 96.6 Å². The monoisotopic (exact) mass is 451 g/mol. The Kier molecular flexibility index (Phi) is 11.7. The summed E-state index contributed by atoms with van der Waals surface area (Å²) in [6.07, 6.45) is 10.3. The quantitative estimate of drug-likeness (QED) is 0.324. The Morgan fingerprint density at radius 2 is 1.97 bits per heavy atom. The zero-order chi connectivity index (χ0) is 22.6. The Labute approximate surface area is 193 Å². The van der Waals surface area contributed by atoms with Gasteiger partial charge in [-0.3, -0.25) is 0 Å². The molecule has 6 heteroatoms. The van der Waals surface area contributed by atoms with Crippen molar-refractivity contribution in [3.05, 3.63) is 34.9 Å². The molecule has 176 valence electrons. The normalized spacial score (nSPS) is 16.8. The van der Waals surface area contributed by atoms with Crippen molar-refractivity contribution in [2.24, 2.45) is 5.92 Å². The van der Waals surface area contributed by atoms with Crippen LogP contribution < -0.4 is 10.8 Å². The lowest BCUT2D eigenvalue weighted by Gasteiger charge is -2.32. The van der Waals surface area contributed by atoms with Gasteiger partial charge in [0.25, 0.3) is 0 Å². The number of hydroxylamine groups is 1. The standard InChI is InChI=1S/C25H42ClN3O2/c1-4-9-21(22-12-8-13-23(26)17-22)14-15-29(19(2)3)25(30)28-24(18-27-31)16-20-10-6-5-7-11-20/h8,12-13,17,19-21,24,27,31H,4-7,9-11,14-16,18H2,1-3H3,(H,28,30). The van der Waals surface area contributed by atoms with Gasteiger partial charge in [-0.25, -0.2) is 10.3 Å². The molecule has 0 heterocycles. The van der Waals surface area contributed by atoms with E-state index in [-0.39, 0.29) is 18.1 Å². The summed E-state index contributed by atoms with van der Waals surface area (Å²) in [5, 5.41) is 13.2. The van der Waals surface area contributed by atoms with Crippen molar-refractivity contribution >= 4 is 17.6 Å². The van der Waals surface area contributed by atoms with Gasteiger partial charge < -0.3 is 15.4 Å². The van der Waals surface area contributed by atoms with E-state index < -0.39 is 0 Å². The molecule has 0 aliphatic heterocycles. The number of nitrogens with one attached hydrogen (secondary N) is 2. The Bertz CT molecular complexity index is 649. The third-order valence-electron chi connectivity index (χ3n) is 6.57. The second-order valence-corrected chi connectivity index (χ2v) is 9.80. The number of carbonyl (C=O) groups is 1. The topological polar surface area (TPSA) is 64.6 Å². The van der Waals surface area contributed by atoms with Crippen LogP contribution in [0.3, 0.4) is 0 Å². The fourth-order valence-corrected chi connectivity index (χ4v) is 5.06. The van der Waals surface area contributed by atoms with Gasteiger partial charge in [0.05, 0.1) is 0 Å². The van der Waals surface area contributed by atoms with E-state index in [4.69, 9.17) is 11.6 Å². The van der Waals surface area contributed by atoms with Crippen LogP contribution in [-0.4, -0.2) is 41.3 Å². The number of nitrogens with zero attached hydrogens (tertiary/aromatic N) is 1. The van der Waals surface area contributed by atoms with Crippen molar-refractivity contribution in [3.8, 4) is 0 Å². The summed E-state index contributed by atoms with van der Waals surface area (Å²) in [6, 6.07) is 8.12. The Hall–Kier alpha value is -1.30. The molecule has 31 heavy (non-hydrogen) atoms. The first kappa shape index (κ1) is 26.0. The molecule has 2 unspecified atom stereocenters. The maximum atomic E-state index is 13.2. The van der Waals surface area contributed by atoms with E-state index in [1.807, 2.05) is 17.0 Å². The van der Waals surface area contributed by atoms with Crippen molar-refractivity contribution in [2.75, 3.05) is 13.1 Å². The fraction of sp³-hybridized carbons (Fsp3) is 0.720. The zero-order valence-corrected chi connectivity index (χ0v) is 20.3. The Balaban J connectivity index is 1.98. The van der Waals surface area contributed by atoms with Crippen molar-refractivity contribution in [1.29, 1.82) is 0 Å². The molecule has 2 atom stereocenters. The van der Waals surface area contributed by atoms with Crippen LogP contribution in [0.15, 0.2) is 24.3 Å². The molecule has 5 nitrogen and oxygen atoms in total. The van der Waals surface area contributed by atoms with Crippen LogP contribution in [0.1, 0.15) is 90.0 Å². The van der Waals surface area contributed by atoms with Crippen LogP contribution in [0.2, 0.25) is 5.02 Å². The average Bonchev–Trinajstić information content (AvgIpc) is 2.74. The molecule has 2 rings (SSSR count). The second-order valence-electron chi connectivity index (χ2n) is 9.36. The smallest absolute Gasteiger partial charge is 0.317 e. The van der Waals surface area contributed by atoms with E-state index in [0.717, 1.165) is 30.7 Å². The molecule has 0 spiro atoms. The predicted molar refractivity (Wildman–Crippen MR) is 129 cm³/mol. The Morgan fingerprint density at radius 3 is 2.58 bits per heavy atom. The lowest BCUT2D eigenvalue weighted by Crippen LogP contribution is -2.51. The number of benzene rings is 1. The number of hydrogen-bond acceptors (Lipinski definition) is 3. The minimum Gasteiger partial charge on any atom is -0.334 e. The molecular weight excluding hydrogens is 410 g/mol. The third kappa shape index (κ3) is 8.99. The molecule has 2 amide bonds. The first-order valence-corrected chi connectivity index (χ1v) is 12.5. The molecule has 0 saturated heterocycles. The van der Waals surface area contributed by atoms with E-state index >= 15 is 0 Å². The van der Waals surface area contributed by atoms with E-state index in [0.29, 0.717) is 24.9 Å². The number of carbonyl (C=O) groups excluding carboxylic acids is 1. The summed E-state index contributed by atoms with van der Waals surface area (Å²) >= 11 is 6.22. The lowest BCUT2D eigenvalue weighted by molar-refractivity contribution is 0.139. The molecule has 1 aliphatic rings. The van der Waals surface area contributed by atoms with E-state index in [1.54, 1.807) is 0 Å². The molecule has 1 saturated carbocycles. The van der Waals surface area contributed by atoms with Crippen molar-refractivity contribution in [1.82, 2.24) is 15.7 Å². The predicted octanol–water partition coefficient (Wildman–Crippen LogP) is 6.35. The second kappa shape index (κ2) is 14.0. The highest BCUT2D eigenvalue weighted by atomic mass is 35.5. The number of urea groups is 1. The molecule has 0 radical (unpaired) electrons. The number of halogens is 1.